The van der Waals surface area contributed by atoms with E-state index in [2.05, 4.69) is 5.10 Å². The molecule has 0 bridgehead atoms. The van der Waals surface area contributed by atoms with E-state index in [4.69, 9.17) is 11.5 Å². The maximum atomic E-state index is 11.7. The van der Waals surface area contributed by atoms with Gasteiger partial charge in [0, 0.05) is 17.3 Å². The Bertz CT molecular complexity index is 691. The zero-order valence-corrected chi connectivity index (χ0v) is 10.5. The van der Waals surface area contributed by atoms with Crippen LogP contribution in [0, 0.1) is 6.92 Å². The monoisotopic (exact) mass is 258 g/mol. The van der Waals surface area contributed by atoms with Crippen LogP contribution in [0.25, 0.3) is 0 Å². The molecule has 19 heavy (non-hydrogen) atoms. The summed E-state index contributed by atoms with van der Waals surface area (Å²) >= 11 is 0. The van der Waals surface area contributed by atoms with Crippen molar-refractivity contribution in [3.8, 4) is 0 Å². The topological polar surface area (TPSA) is 104 Å². The van der Waals surface area contributed by atoms with Crippen molar-refractivity contribution in [1.29, 1.82) is 0 Å². The minimum atomic E-state index is -0.538. The zero-order chi connectivity index (χ0) is 14.0. The van der Waals surface area contributed by atoms with E-state index in [0.717, 1.165) is 5.56 Å². The van der Waals surface area contributed by atoms with E-state index in [1.165, 1.54) is 16.8 Å². The summed E-state index contributed by atoms with van der Waals surface area (Å²) in [6.45, 7) is 2.05. The SMILES string of the molecule is Cc1cnn(Cc2ccc(C(N)=O)cc2N)c(=O)c1. The highest BCUT2D eigenvalue weighted by molar-refractivity contribution is 5.93. The lowest BCUT2D eigenvalue weighted by Crippen LogP contribution is -2.23. The Morgan fingerprint density at radius 1 is 1.37 bits per heavy atom. The van der Waals surface area contributed by atoms with Gasteiger partial charge in [0.05, 0.1) is 12.7 Å². The Balaban J connectivity index is 2.33. The van der Waals surface area contributed by atoms with Gasteiger partial charge in [-0.3, -0.25) is 9.59 Å². The highest BCUT2D eigenvalue weighted by Crippen LogP contribution is 2.14. The second kappa shape index (κ2) is 4.93. The number of amides is 1. The van der Waals surface area contributed by atoms with Crippen LogP contribution in [0.4, 0.5) is 5.69 Å². The minimum absolute atomic E-state index is 0.196. The molecule has 1 aromatic heterocycles. The summed E-state index contributed by atoms with van der Waals surface area (Å²) in [7, 11) is 0. The smallest absolute Gasteiger partial charge is 0.267 e. The van der Waals surface area contributed by atoms with Crippen LogP contribution in [0.2, 0.25) is 0 Å². The largest absolute Gasteiger partial charge is 0.398 e. The number of aromatic nitrogens is 2. The molecule has 0 aliphatic heterocycles. The van der Waals surface area contributed by atoms with Gasteiger partial charge in [0.1, 0.15) is 0 Å². The van der Waals surface area contributed by atoms with Crippen molar-refractivity contribution in [3.63, 3.8) is 0 Å². The number of aryl methyl sites for hydroxylation is 1. The molecule has 4 N–H and O–H groups in total. The third-order valence-corrected chi connectivity index (χ3v) is 2.76. The maximum absolute atomic E-state index is 11.7. The summed E-state index contributed by atoms with van der Waals surface area (Å²) in [4.78, 5) is 22.7. The molecule has 0 aliphatic rings. The van der Waals surface area contributed by atoms with Gasteiger partial charge in [0.25, 0.3) is 5.56 Å². The number of carbonyl (C=O) groups excluding carboxylic acids is 1. The van der Waals surface area contributed by atoms with Crippen molar-refractivity contribution in [1.82, 2.24) is 9.78 Å². The van der Waals surface area contributed by atoms with Gasteiger partial charge in [0.15, 0.2) is 0 Å². The summed E-state index contributed by atoms with van der Waals surface area (Å²) in [5, 5.41) is 4.03. The number of primary amides is 1. The summed E-state index contributed by atoms with van der Waals surface area (Å²) in [6, 6.07) is 6.24. The van der Waals surface area contributed by atoms with Crippen LogP contribution >= 0.6 is 0 Å². The van der Waals surface area contributed by atoms with E-state index in [1.54, 1.807) is 25.3 Å². The van der Waals surface area contributed by atoms with E-state index in [9.17, 15) is 9.59 Å². The lowest BCUT2D eigenvalue weighted by Gasteiger charge is -2.08. The quantitative estimate of drug-likeness (QED) is 0.771. The van der Waals surface area contributed by atoms with Crippen LogP contribution in [-0.2, 0) is 6.54 Å². The van der Waals surface area contributed by atoms with Crippen molar-refractivity contribution in [2.45, 2.75) is 13.5 Å². The van der Waals surface area contributed by atoms with E-state index < -0.39 is 5.91 Å². The Morgan fingerprint density at radius 3 is 2.68 bits per heavy atom. The molecule has 0 unspecified atom stereocenters. The van der Waals surface area contributed by atoms with Crippen LogP contribution in [0.1, 0.15) is 21.5 Å². The first-order chi connectivity index (χ1) is 8.97. The number of carbonyl (C=O) groups is 1. The molecule has 1 amide bonds. The lowest BCUT2D eigenvalue weighted by molar-refractivity contribution is 0.100. The van der Waals surface area contributed by atoms with Crippen molar-refractivity contribution < 1.29 is 4.79 Å². The molecule has 0 aliphatic carbocycles. The molecule has 0 radical (unpaired) electrons. The van der Waals surface area contributed by atoms with E-state index in [0.29, 0.717) is 16.8 Å². The molecule has 6 heteroatoms. The Kier molecular flexibility index (Phi) is 3.33. The molecule has 0 spiro atoms. The number of benzene rings is 1. The highest BCUT2D eigenvalue weighted by atomic mass is 16.1. The van der Waals surface area contributed by atoms with Gasteiger partial charge in [-0.2, -0.15) is 5.10 Å². The lowest BCUT2D eigenvalue weighted by atomic mass is 10.1. The van der Waals surface area contributed by atoms with Gasteiger partial charge in [-0.1, -0.05) is 6.07 Å². The van der Waals surface area contributed by atoms with Crippen molar-refractivity contribution >= 4 is 11.6 Å². The zero-order valence-electron chi connectivity index (χ0n) is 10.5. The first-order valence-electron chi connectivity index (χ1n) is 5.69. The molecule has 0 fully saturated rings. The fourth-order valence-electron chi connectivity index (χ4n) is 1.70. The predicted octanol–water partition coefficient (Wildman–Crippen LogP) is 0.281. The van der Waals surface area contributed by atoms with Gasteiger partial charge < -0.3 is 11.5 Å². The fourth-order valence-corrected chi connectivity index (χ4v) is 1.70. The molecule has 1 aromatic carbocycles. The van der Waals surface area contributed by atoms with Gasteiger partial charge in [-0.05, 0) is 30.2 Å². The van der Waals surface area contributed by atoms with Gasteiger partial charge >= 0.3 is 0 Å². The standard InChI is InChI=1S/C13H14N4O2/c1-8-4-12(18)17(16-6-8)7-10-3-2-9(13(15)19)5-11(10)14/h2-6H,7,14H2,1H3,(H2,15,19). The van der Waals surface area contributed by atoms with Crippen molar-refractivity contribution in [3.05, 3.63) is 57.5 Å². The van der Waals surface area contributed by atoms with E-state index in [1.807, 2.05) is 0 Å². The first-order valence-corrected chi connectivity index (χ1v) is 5.69. The Morgan fingerprint density at radius 2 is 2.11 bits per heavy atom. The second-order valence-corrected chi connectivity index (χ2v) is 4.31. The third-order valence-electron chi connectivity index (χ3n) is 2.76. The number of hydrogen-bond acceptors (Lipinski definition) is 4. The molecule has 2 aromatic rings. The summed E-state index contributed by atoms with van der Waals surface area (Å²) < 4.78 is 1.31. The number of anilines is 1. The van der Waals surface area contributed by atoms with Crippen LogP contribution in [-0.4, -0.2) is 15.7 Å². The average Bonchev–Trinajstić information content (AvgIpc) is 2.34. The first kappa shape index (κ1) is 12.8. The maximum Gasteiger partial charge on any atom is 0.267 e. The number of nitrogen functional groups attached to an aromatic ring is 1. The van der Waals surface area contributed by atoms with Crippen LogP contribution in [0.5, 0.6) is 0 Å². The normalized spacial score (nSPS) is 10.4. The fraction of sp³-hybridized carbons (Fsp3) is 0.154. The molecule has 0 atom stereocenters. The third kappa shape index (κ3) is 2.79. The molecular formula is C13H14N4O2. The van der Waals surface area contributed by atoms with Gasteiger partial charge in [-0.25, -0.2) is 4.68 Å². The van der Waals surface area contributed by atoms with Gasteiger partial charge in [0.2, 0.25) is 5.91 Å². The number of hydrogen-bond donors (Lipinski definition) is 2. The van der Waals surface area contributed by atoms with Crippen LogP contribution in [0.15, 0.2) is 35.3 Å². The van der Waals surface area contributed by atoms with Crippen LogP contribution in [0.3, 0.4) is 0 Å². The minimum Gasteiger partial charge on any atom is -0.398 e. The van der Waals surface area contributed by atoms with E-state index in [-0.39, 0.29) is 12.1 Å². The summed E-state index contributed by atoms with van der Waals surface area (Å²) in [5.74, 6) is -0.538. The molecule has 98 valence electrons. The summed E-state index contributed by atoms with van der Waals surface area (Å²) in [6.07, 6.45) is 1.61. The van der Waals surface area contributed by atoms with E-state index >= 15 is 0 Å². The molecule has 6 nitrogen and oxygen atoms in total. The molecular weight excluding hydrogens is 244 g/mol. The number of nitrogens with two attached hydrogens (primary N) is 2. The number of rotatable bonds is 3. The highest BCUT2D eigenvalue weighted by Gasteiger charge is 2.07. The van der Waals surface area contributed by atoms with Gasteiger partial charge in [-0.15, -0.1) is 0 Å². The van der Waals surface area contributed by atoms with Crippen molar-refractivity contribution in [2.75, 3.05) is 5.73 Å². The second-order valence-electron chi connectivity index (χ2n) is 4.31. The average molecular weight is 258 g/mol. The molecule has 0 saturated heterocycles. The predicted molar refractivity (Wildman–Crippen MR) is 71.7 cm³/mol. The number of nitrogens with zero attached hydrogens (tertiary/aromatic N) is 2. The Hall–Kier alpha value is -2.63. The molecule has 2 rings (SSSR count). The van der Waals surface area contributed by atoms with Crippen LogP contribution < -0.4 is 17.0 Å². The Labute approximate surface area is 109 Å². The molecule has 0 saturated carbocycles. The summed E-state index contributed by atoms with van der Waals surface area (Å²) in [5.41, 5.74) is 13.1. The molecule has 1 heterocycles. The van der Waals surface area contributed by atoms with Crippen molar-refractivity contribution in [2.24, 2.45) is 5.73 Å².